The number of piperidine rings is 1. The Morgan fingerprint density at radius 3 is 2.21 bits per heavy atom. The van der Waals surface area contributed by atoms with E-state index >= 15 is 0 Å². The van der Waals surface area contributed by atoms with E-state index in [9.17, 15) is 5.11 Å². The van der Waals surface area contributed by atoms with E-state index in [4.69, 9.17) is 9.47 Å². The molecule has 0 saturated carbocycles. The lowest BCUT2D eigenvalue weighted by atomic mass is 9.72. The zero-order valence-electron chi connectivity index (χ0n) is 19.7. The fraction of sp³-hybridized carbons (Fsp3) is 0.379. The van der Waals surface area contributed by atoms with Crippen molar-refractivity contribution in [1.29, 1.82) is 0 Å². The van der Waals surface area contributed by atoms with Gasteiger partial charge in [-0.1, -0.05) is 67.1 Å². The maximum Gasteiger partial charge on any atom is 0.126 e. The molecule has 3 aromatic carbocycles. The van der Waals surface area contributed by atoms with Gasteiger partial charge in [-0.15, -0.1) is 0 Å². The molecule has 4 heteroatoms. The molecule has 174 valence electrons. The second-order valence-electron chi connectivity index (χ2n) is 8.75. The maximum atomic E-state index is 12.8. The Labute approximate surface area is 197 Å². The third kappa shape index (κ3) is 5.07. The number of ether oxygens (including phenoxy) is 2. The minimum absolute atomic E-state index is 0.175. The molecule has 4 nitrogen and oxygen atoms in total. The van der Waals surface area contributed by atoms with Gasteiger partial charge in [0.05, 0.1) is 13.7 Å². The van der Waals surface area contributed by atoms with Crippen LogP contribution in [0.1, 0.15) is 48.8 Å². The molecule has 0 bridgehead atoms. The van der Waals surface area contributed by atoms with Crippen molar-refractivity contribution in [3.63, 3.8) is 0 Å². The van der Waals surface area contributed by atoms with Crippen LogP contribution in [0.15, 0.2) is 78.9 Å². The van der Waals surface area contributed by atoms with Gasteiger partial charge in [0.15, 0.2) is 0 Å². The fourth-order valence-electron chi connectivity index (χ4n) is 5.04. The highest BCUT2D eigenvalue weighted by atomic mass is 16.5. The molecule has 2 unspecified atom stereocenters. The zero-order chi connectivity index (χ0) is 23.1. The molecular formula is C29H35NO3. The molecule has 1 heterocycles. The lowest BCUT2D eigenvalue weighted by molar-refractivity contribution is 0.0290. The van der Waals surface area contributed by atoms with Gasteiger partial charge < -0.3 is 19.5 Å². The summed E-state index contributed by atoms with van der Waals surface area (Å²) in [6, 6.07) is 26.1. The lowest BCUT2D eigenvalue weighted by Gasteiger charge is -2.41. The molecule has 0 aliphatic carbocycles. The highest BCUT2D eigenvalue weighted by molar-refractivity contribution is 5.49. The molecule has 1 N–H and O–H groups in total. The van der Waals surface area contributed by atoms with Crippen LogP contribution < -0.4 is 9.47 Å². The van der Waals surface area contributed by atoms with Crippen LogP contribution in [0.25, 0.3) is 0 Å². The van der Waals surface area contributed by atoms with Gasteiger partial charge in [0.1, 0.15) is 17.1 Å². The van der Waals surface area contributed by atoms with Gasteiger partial charge in [-0.25, -0.2) is 0 Å². The molecule has 0 aromatic heterocycles. The Balaban J connectivity index is 1.87. The molecule has 1 aliphatic heterocycles. The average Bonchev–Trinajstić information content (AvgIpc) is 2.88. The minimum atomic E-state index is -1.28. The van der Waals surface area contributed by atoms with E-state index in [0.29, 0.717) is 12.4 Å². The number of aliphatic hydroxyl groups is 1. The third-order valence-electron chi connectivity index (χ3n) is 6.72. The Bertz CT molecular complexity index is 999. The summed E-state index contributed by atoms with van der Waals surface area (Å²) in [4.78, 5) is 2.50. The highest BCUT2D eigenvalue weighted by Crippen LogP contribution is 2.46. The molecule has 2 atom stereocenters. The summed E-state index contributed by atoms with van der Waals surface area (Å²) in [7, 11) is 1.67. The van der Waals surface area contributed by atoms with Crippen LogP contribution in [0, 0.1) is 0 Å². The van der Waals surface area contributed by atoms with Gasteiger partial charge in [0, 0.05) is 18.0 Å². The number of hydrogen-bond donors (Lipinski definition) is 1. The molecule has 0 amide bonds. The summed E-state index contributed by atoms with van der Waals surface area (Å²) in [6.07, 6.45) is 3.69. The fourth-order valence-corrected chi connectivity index (χ4v) is 5.04. The summed E-state index contributed by atoms with van der Waals surface area (Å²) in [5.41, 5.74) is 1.45. The standard InChI is InChI=1S/C29H35NO3/c1-3-33-25-18-16-24(17-19-25)29(31,26-14-8-9-15-28(26)32-2)27(23-12-6-4-7-13-23)22-30-20-10-5-11-21-30/h4,6-9,12-19,27,31H,3,5,10-11,20-22H2,1-2H3. The molecule has 3 aromatic rings. The van der Waals surface area contributed by atoms with E-state index in [1.807, 2.05) is 61.5 Å². The molecule has 33 heavy (non-hydrogen) atoms. The molecule has 1 fully saturated rings. The van der Waals surface area contributed by atoms with Gasteiger partial charge in [-0.05, 0) is 62.2 Å². The van der Waals surface area contributed by atoms with Gasteiger partial charge in [0.25, 0.3) is 0 Å². The number of rotatable bonds is 9. The predicted molar refractivity (Wildman–Crippen MR) is 133 cm³/mol. The first kappa shape index (κ1) is 23.3. The van der Waals surface area contributed by atoms with Crippen LogP contribution in [0.3, 0.4) is 0 Å². The number of para-hydroxylation sites is 1. The number of hydrogen-bond acceptors (Lipinski definition) is 4. The molecular weight excluding hydrogens is 410 g/mol. The predicted octanol–water partition coefficient (Wildman–Crippen LogP) is 5.60. The van der Waals surface area contributed by atoms with Crippen LogP contribution in [0.5, 0.6) is 11.5 Å². The largest absolute Gasteiger partial charge is 0.496 e. The first-order valence-corrected chi connectivity index (χ1v) is 12.0. The Morgan fingerprint density at radius 1 is 0.879 bits per heavy atom. The van der Waals surface area contributed by atoms with Crippen molar-refractivity contribution in [3.8, 4) is 11.5 Å². The van der Waals surface area contributed by atoms with Crippen molar-refractivity contribution in [3.05, 3.63) is 95.6 Å². The molecule has 1 aliphatic rings. The summed E-state index contributed by atoms with van der Waals surface area (Å²) in [6.45, 7) is 5.48. The van der Waals surface area contributed by atoms with Crippen LogP contribution in [0.2, 0.25) is 0 Å². The average molecular weight is 446 g/mol. The van der Waals surface area contributed by atoms with E-state index in [1.54, 1.807) is 7.11 Å². The van der Waals surface area contributed by atoms with Crippen LogP contribution in [0.4, 0.5) is 0 Å². The Morgan fingerprint density at radius 2 is 1.55 bits per heavy atom. The number of methoxy groups -OCH3 is 1. The molecule has 0 spiro atoms. The topological polar surface area (TPSA) is 41.9 Å². The second kappa shape index (κ2) is 10.9. The number of nitrogens with zero attached hydrogens (tertiary/aromatic N) is 1. The smallest absolute Gasteiger partial charge is 0.126 e. The van der Waals surface area contributed by atoms with Crippen molar-refractivity contribution in [2.24, 2.45) is 0 Å². The first-order valence-electron chi connectivity index (χ1n) is 12.0. The quantitative estimate of drug-likeness (QED) is 0.466. The first-order chi connectivity index (χ1) is 16.2. The maximum absolute atomic E-state index is 12.8. The van der Waals surface area contributed by atoms with E-state index in [1.165, 1.54) is 19.3 Å². The van der Waals surface area contributed by atoms with Crippen LogP contribution in [-0.4, -0.2) is 43.4 Å². The van der Waals surface area contributed by atoms with Crippen LogP contribution >= 0.6 is 0 Å². The van der Waals surface area contributed by atoms with Crippen molar-refractivity contribution in [2.75, 3.05) is 33.4 Å². The van der Waals surface area contributed by atoms with E-state index in [-0.39, 0.29) is 5.92 Å². The lowest BCUT2D eigenvalue weighted by Crippen LogP contribution is -2.43. The van der Waals surface area contributed by atoms with Crippen molar-refractivity contribution < 1.29 is 14.6 Å². The van der Waals surface area contributed by atoms with Gasteiger partial charge >= 0.3 is 0 Å². The molecule has 4 rings (SSSR count). The van der Waals surface area contributed by atoms with Crippen LogP contribution in [-0.2, 0) is 5.60 Å². The van der Waals surface area contributed by atoms with Crippen molar-refractivity contribution in [2.45, 2.75) is 37.7 Å². The zero-order valence-corrected chi connectivity index (χ0v) is 19.7. The van der Waals surface area contributed by atoms with E-state index in [0.717, 1.165) is 42.1 Å². The van der Waals surface area contributed by atoms with E-state index < -0.39 is 5.60 Å². The van der Waals surface area contributed by atoms with Gasteiger partial charge in [-0.2, -0.15) is 0 Å². The normalized spacial score (nSPS) is 17.2. The Kier molecular flexibility index (Phi) is 7.69. The highest BCUT2D eigenvalue weighted by Gasteiger charge is 2.44. The van der Waals surface area contributed by atoms with Gasteiger partial charge in [-0.3, -0.25) is 0 Å². The number of benzene rings is 3. The monoisotopic (exact) mass is 445 g/mol. The summed E-state index contributed by atoms with van der Waals surface area (Å²) >= 11 is 0. The second-order valence-corrected chi connectivity index (χ2v) is 8.75. The number of likely N-dealkylation sites (tertiary alicyclic amines) is 1. The SMILES string of the molecule is CCOc1ccc(C(O)(c2ccccc2OC)C(CN2CCCCC2)c2ccccc2)cc1. The molecule has 0 radical (unpaired) electrons. The summed E-state index contributed by atoms with van der Waals surface area (Å²) in [5.74, 6) is 1.32. The summed E-state index contributed by atoms with van der Waals surface area (Å²) in [5, 5.41) is 12.8. The summed E-state index contributed by atoms with van der Waals surface area (Å²) < 4.78 is 11.4. The third-order valence-corrected chi connectivity index (χ3v) is 6.72. The van der Waals surface area contributed by atoms with E-state index in [2.05, 4.69) is 29.2 Å². The minimum Gasteiger partial charge on any atom is -0.496 e. The van der Waals surface area contributed by atoms with Crippen molar-refractivity contribution >= 4 is 0 Å². The molecule has 1 saturated heterocycles. The van der Waals surface area contributed by atoms with Gasteiger partial charge in [0.2, 0.25) is 0 Å². The Hall–Kier alpha value is -2.82. The van der Waals surface area contributed by atoms with Crippen molar-refractivity contribution in [1.82, 2.24) is 4.90 Å².